The number of carbonyl (C=O) groups excluding carboxylic acids is 5. The largest absolute Gasteiger partial charge is 0.350 e. The molecule has 0 bridgehead atoms. The Bertz CT molecular complexity index is 593. The Labute approximate surface area is 140 Å². The summed E-state index contributed by atoms with van der Waals surface area (Å²) < 4.78 is 0. The summed E-state index contributed by atoms with van der Waals surface area (Å²) in [6, 6.07) is -0.870. The zero-order valence-corrected chi connectivity index (χ0v) is 14.3. The molecule has 1 heterocycles. The van der Waals surface area contributed by atoms with Gasteiger partial charge in [0, 0.05) is 19.1 Å². The van der Waals surface area contributed by atoms with Gasteiger partial charge in [-0.3, -0.25) is 24.1 Å². The molecule has 0 unspecified atom stereocenters. The van der Waals surface area contributed by atoms with E-state index in [-0.39, 0.29) is 19.0 Å². The molecule has 0 radical (unpaired) electrons. The van der Waals surface area contributed by atoms with Crippen LogP contribution >= 0.6 is 0 Å². The summed E-state index contributed by atoms with van der Waals surface area (Å²) in [4.78, 5) is 61.7. The van der Waals surface area contributed by atoms with E-state index >= 15 is 0 Å². The summed E-state index contributed by atoms with van der Waals surface area (Å²) in [5.74, 6) is -3.07. The SMILES string of the molecule is C=CCN1C(=O)C(=O)N(CC(=O)N(C)CC(=O)NC(C)(C)C)C1=O. The number of hydrogen-bond donors (Lipinski definition) is 1. The number of nitrogens with zero attached hydrogens (tertiary/aromatic N) is 3. The normalized spacial score (nSPS) is 14.9. The summed E-state index contributed by atoms with van der Waals surface area (Å²) in [6.07, 6.45) is 1.30. The van der Waals surface area contributed by atoms with E-state index in [1.165, 1.54) is 13.1 Å². The second-order valence-corrected chi connectivity index (χ2v) is 6.43. The van der Waals surface area contributed by atoms with Gasteiger partial charge in [0.05, 0.1) is 6.54 Å². The average molecular weight is 338 g/mol. The lowest BCUT2D eigenvalue weighted by atomic mass is 10.1. The zero-order valence-electron chi connectivity index (χ0n) is 14.3. The van der Waals surface area contributed by atoms with Crippen LogP contribution in [0.3, 0.4) is 0 Å². The molecule has 6 amide bonds. The highest BCUT2D eigenvalue weighted by Crippen LogP contribution is 2.12. The van der Waals surface area contributed by atoms with Crippen molar-refractivity contribution in [3.8, 4) is 0 Å². The zero-order chi connectivity index (χ0) is 18.7. The van der Waals surface area contributed by atoms with Crippen LogP contribution in [-0.2, 0) is 19.2 Å². The van der Waals surface area contributed by atoms with Gasteiger partial charge in [0.15, 0.2) is 0 Å². The van der Waals surface area contributed by atoms with Gasteiger partial charge in [-0.15, -0.1) is 6.58 Å². The molecule has 0 aromatic rings. The van der Waals surface area contributed by atoms with Gasteiger partial charge >= 0.3 is 17.8 Å². The van der Waals surface area contributed by atoms with Crippen molar-refractivity contribution < 1.29 is 24.0 Å². The topological polar surface area (TPSA) is 107 Å². The Balaban J connectivity index is 2.68. The fourth-order valence-electron chi connectivity index (χ4n) is 2.00. The summed E-state index contributed by atoms with van der Waals surface area (Å²) in [5, 5.41) is 2.69. The van der Waals surface area contributed by atoms with E-state index in [9.17, 15) is 24.0 Å². The number of hydrogen-bond acceptors (Lipinski definition) is 5. The number of nitrogens with one attached hydrogen (secondary N) is 1. The molecule has 0 aromatic carbocycles. The van der Waals surface area contributed by atoms with Gasteiger partial charge in [-0.05, 0) is 20.8 Å². The average Bonchev–Trinajstić information content (AvgIpc) is 2.63. The molecule has 1 rings (SSSR count). The predicted octanol–water partition coefficient (Wildman–Crippen LogP) is -0.664. The monoisotopic (exact) mass is 338 g/mol. The van der Waals surface area contributed by atoms with Crippen LogP contribution in [0.4, 0.5) is 4.79 Å². The van der Waals surface area contributed by atoms with Crippen LogP contribution < -0.4 is 5.32 Å². The van der Waals surface area contributed by atoms with Crippen molar-refractivity contribution >= 4 is 29.7 Å². The standard InChI is InChI=1S/C15H22N4O5/c1-6-7-18-12(22)13(23)19(14(18)24)9-11(21)17(5)8-10(20)16-15(2,3)4/h6H,1,7-9H2,2-5H3,(H,16,20). The van der Waals surface area contributed by atoms with E-state index in [1.54, 1.807) is 20.8 Å². The third-order valence-corrected chi connectivity index (χ3v) is 3.06. The first kappa shape index (κ1) is 19.3. The number of urea groups is 1. The van der Waals surface area contributed by atoms with Crippen LogP contribution in [0.25, 0.3) is 0 Å². The van der Waals surface area contributed by atoms with E-state index in [1.807, 2.05) is 0 Å². The first-order valence-corrected chi connectivity index (χ1v) is 7.31. The molecule has 0 spiro atoms. The maximum atomic E-state index is 12.1. The number of rotatable bonds is 6. The number of carbonyl (C=O) groups is 5. The molecule has 1 aliphatic rings. The quantitative estimate of drug-likeness (QED) is 0.393. The minimum absolute atomic E-state index is 0.113. The number of imide groups is 2. The minimum Gasteiger partial charge on any atom is -0.350 e. The van der Waals surface area contributed by atoms with Crippen molar-refractivity contribution in [1.29, 1.82) is 0 Å². The van der Waals surface area contributed by atoms with Gasteiger partial charge in [-0.1, -0.05) is 6.08 Å². The summed E-state index contributed by atoms with van der Waals surface area (Å²) in [7, 11) is 1.37. The van der Waals surface area contributed by atoms with Crippen molar-refractivity contribution in [3.05, 3.63) is 12.7 Å². The van der Waals surface area contributed by atoms with Crippen molar-refractivity contribution in [3.63, 3.8) is 0 Å². The van der Waals surface area contributed by atoms with Gasteiger partial charge in [0.25, 0.3) is 0 Å². The molecule has 9 heteroatoms. The van der Waals surface area contributed by atoms with E-state index in [0.717, 1.165) is 4.90 Å². The smallest absolute Gasteiger partial charge is 0.335 e. The van der Waals surface area contributed by atoms with Gasteiger partial charge in [0.1, 0.15) is 6.54 Å². The van der Waals surface area contributed by atoms with Crippen LogP contribution in [0.5, 0.6) is 0 Å². The first-order valence-electron chi connectivity index (χ1n) is 7.31. The van der Waals surface area contributed by atoms with E-state index in [4.69, 9.17) is 0 Å². The molecule has 0 aliphatic carbocycles. The molecule has 9 nitrogen and oxygen atoms in total. The van der Waals surface area contributed by atoms with E-state index in [2.05, 4.69) is 11.9 Å². The summed E-state index contributed by atoms with van der Waals surface area (Å²) >= 11 is 0. The second kappa shape index (κ2) is 7.24. The fraction of sp³-hybridized carbons (Fsp3) is 0.533. The number of likely N-dealkylation sites (N-methyl/N-ethyl adjacent to an activating group) is 1. The molecular formula is C15H22N4O5. The molecule has 0 saturated carbocycles. The minimum atomic E-state index is -1.07. The molecular weight excluding hydrogens is 316 g/mol. The van der Waals surface area contributed by atoms with Crippen molar-refractivity contribution in [2.75, 3.05) is 26.7 Å². The summed E-state index contributed by atoms with van der Waals surface area (Å²) in [6.45, 7) is 7.86. The fourth-order valence-corrected chi connectivity index (χ4v) is 2.00. The van der Waals surface area contributed by atoms with Crippen LogP contribution in [0.2, 0.25) is 0 Å². The van der Waals surface area contributed by atoms with Crippen LogP contribution in [-0.4, -0.2) is 76.6 Å². The van der Waals surface area contributed by atoms with Crippen molar-refractivity contribution in [2.24, 2.45) is 0 Å². The highest BCUT2D eigenvalue weighted by atomic mass is 16.2. The Hall–Kier alpha value is -2.71. The Kier molecular flexibility index (Phi) is 5.83. The lowest BCUT2D eigenvalue weighted by Gasteiger charge is -2.24. The van der Waals surface area contributed by atoms with Gasteiger partial charge in [-0.2, -0.15) is 0 Å². The van der Waals surface area contributed by atoms with Gasteiger partial charge in [0.2, 0.25) is 11.8 Å². The molecule has 0 aromatic heterocycles. The van der Waals surface area contributed by atoms with Crippen molar-refractivity contribution in [2.45, 2.75) is 26.3 Å². The van der Waals surface area contributed by atoms with Crippen LogP contribution in [0, 0.1) is 0 Å². The number of amides is 6. The molecule has 1 aliphatic heterocycles. The van der Waals surface area contributed by atoms with E-state index < -0.39 is 35.8 Å². The maximum Gasteiger partial charge on any atom is 0.335 e. The van der Waals surface area contributed by atoms with Crippen LogP contribution in [0.15, 0.2) is 12.7 Å². The Morgan fingerprint density at radius 3 is 2.21 bits per heavy atom. The Morgan fingerprint density at radius 1 is 1.17 bits per heavy atom. The lowest BCUT2D eigenvalue weighted by Crippen LogP contribution is -2.48. The van der Waals surface area contributed by atoms with E-state index in [0.29, 0.717) is 9.80 Å². The first-order chi connectivity index (χ1) is 11.0. The summed E-state index contributed by atoms with van der Waals surface area (Å²) in [5.41, 5.74) is -0.445. The van der Waals surface area contributed by atoms with Crippen LogP contribution in [0.1, 0.15) is 20.8 Å². The third kappa shape index (κ3) is 4.64. The van der Waals surface area contributed by atoms with Crippen molar-refractivity contribution in [1.82, 2.24) is 20.0 Å². The lowest BCUT2D eigenvalue weighted by molar-refractivity contribution is -0.145. The molecule has 1 N–H and O–H groups in total. The molecule has 1 saturated heterocycles. The molecule has 0 atom stereocenters. The molecule has 24 heavy (non-hydrogen) atoms. The molecule has 132 valence electrons. The predicted molar refractivity (Wildman–Crippen MR) is 84.6 cm³/mol. The highest BCUT2D eigenvalue weighted by molar-refractivity contribution is 6.45. The second-order valence-electron chi connectivity index (χ2n) is 6.43. The Morgan fingerprint density at radius 2 is 1.71 bits per heavy atom. The highest BCUT2D eigenvalue weighted by Gasteiger charge is 2.44. The van der Waals surface area contributed by atoms with Gasteiger partial charge in [-0.25, -0.2) is 9.69 Å². The third-order valence-electron chi connectivity index (χ3n) is 3.06. The maximum absolute atomic E-state index is 12.1. The van der Waals surface area contributed by atoms with Gasteiger partial charge < -0.3 is 10.2 Å². The molecule has 1 fully saturated rings.